The van der Waals surface area contributed by atoms with Gasteiger partial charge in [-0.2, -0.15) is 0 Å². The van der Waals surface area contributed by atoms with Crippen LogP contribution in [0.2, 0.25) is 0 Å². The Hall–Kier alpha value is -2.39. The van der Waals surface area contributed by atoms with Crippen LogP contribution in [0.4, 0.5) is 4.79 Å². The molecule has 31 heavy (non-hydrogen) atoms. The number of nitrogens with one attached hydrogen (secondary N) is 1. The molecule has 1 atom stereocenters. The average molecular weight is 594 g/mol. The molecule has 0 aromatic heterocycles. The Morgan fingerprint density at radius 2 is 1.45 bits per heavy atom. The molecule has 0 saturated carbocycles. The third kappa shape index (κ3) is 7.66. The highest BCUT2D eigenvalue weighted by Crippen LogP contribution is 2.21. The van der Waals surface area contributed by atoms with E-state index in [-0.39, 0.29) is 19.6 Å². The molecular formula is C24H21BrINO4. The number of benzene rings is 3. The lowest BCUT2D eigenvalue weighted by Crippen LogP contribution is -2.43. The van der Waals surface area contributed by atoms with E-state index in [1.807, 2.05) is 78.9 Å². The van der Waals surface area contributed by atoms with Gasteiger partial charge in [-0.15, -0.1) is 0 Å². The van der Waals surface area contributed by atoms with Crippen LogP contribution in [0.3, 0.4) is 0 Å². The molecular weight excluding hydrogens is 573 g/mol. The topological polar surface area (TPSA) is 64.6 Å². The van der Waals surface area contributed by atoms with Crippen molar-refractivity contribution >= 4 is 50.6 Å². The van der Waals surface area contributed by atoms with Crippen LogP contribution >= 0.6 is 38.5 Å². The summed E-state index contributed by atoms with van der Waals surface area (Å²) >= 11 is 5.74. The Morgan fingerprint density at radius 3 is 2.03 bits per heavy atom. The summed E-state index contributed by atoms with van der Waals surface area (Å²) in [5.74, 6) is -0.522. The van der Waals surface area contributed by atoms with E-state index in [1.165, 1.54) is 0 Å². The molecule has 0 aliphatic heterocycles. The predicted molar refractivity (Wildman–Crippen MR) is 130 cm³/mol. The van der Waals surface area contributed by atoms with E-state index in [2.05, 4.69) is 43.8 Å². The first-order chi connectivity index (χ1) is 15.0. The molecule has 5 nitrogen and oxygen atoms in total. The number of ether oxygens (including phenoxy) is 2. The van der Waals surface area contributed by atoms with E-state index < -0.39 is 18.1 Å². The van der Waals surface area contributed by atoms with E-state index >= 15 is 0 Å². The van der Waals surface area contributed by atoms with Crippen molar-refractivity contribution in [3.05, 3.63) is 104 Å². The summed E-state index contributed by atoms with van der Waals surface area (Å²) < 4.78 is 12.7. The molecule has 0 saturated heterocycles. The second-order valence-corrected chi connectivity index (χ2v) is 8.89. The van der Waals surface area contributed by atoms with Gasteiger partial charge in [-0.25, -0.2) is 9.59 Å². The van der Waals surface area contributed by atoms with Gasteiger partial charge in [-0.1, -0.05) is 82.7 Å². The fourth-order valence-corrected chi connectivity index (χ4v) is 4.30. The second-order valence-electron chi connectivity index (χ2n) is 6.79. The number of alkyl carbamates (subject to hydrolysis) is 1. The molecule has 0 aliphatic carbocycles. The Balaban J connectivity index is 1.66. The van der Waals surface area contributed by atoms with Gasteiger partial charge in [0, 0.05) is 14.5 Å². The molecule has 3 aromatic rings. The van der Waals surface area contributed by atoms with Crippen molar-refractivity contribution in [2.24, 2.45) is 0 Å². The summed E-state index contributed by atoms with van der Waals surface area (Å²) in [4.78, 5) is 25.2. The minimum Gasteiger partial charge on any atom is -0.459 e. The summed E-state index contributed by atoms with van der Waals surface area (Å²) in [6.45, 7) is 0.246. The van der Waals surface area contributed by atoms with Crippen molar-refractivity contribution in [1.29, 1.82) is 0 Å². The highest BCUT2D eigenvalue weighted by molar-refractivity contribution is 14.1. The van der Waals surface area contributed by atoms with Crippen molar-refractivity contribution in [1.82, 2.24) is 5.32 Å². The van der Waals surface area contributed by atoms with Gasteiger partial charge in [0.25, 0.3) is 0 Å². The van der Waals surface area contributed by atoms with Gasteiger partial charge < -0.3 is 14.8 Å². The van der Waals surface area contributed by atoms with E-state index in [0.717, 1.165) is 24.7 Å². The van der Waals surface area contributed by atoms with Crippen LogP contribution < -0.4 is 5.32 Å². The van der Waals surface area contributed by atoms with Crippen molar-refractivity contribution in [3.63, 3.8) is 0 Å². The first-order valence-corrected chi connectivity index (χ1v) is 11.5. The molecule has 0 spiro atoms. The zero-order chi connectivity index (χ0) is 22.1. The van der Waals surface area contributed by atoms with Gasteiger partial charge in [0.2, 0.25) is 0 Å². The number of carbonyl (C=O) groups is 2. The first-order valence-electron chi connectivity index (χ1n) is 9.63. The summed E-state index contributed by atoms with van der Waals surface area (Å²) in [5, 5.41) is 2.66. The number of hydrogen-bond acceptors (Lipinski definition) is 4. The molecule has 3 aromatic carbocycles. The minimum atomic E-state index is -0.886. The molecule has 0 bridgehead atoms. The molecule has 0 radical (unpaired) electrons. The Bertz CT molecular complexity index is 1010. The Morgan fingerprint density at radius 1 is 0.871 bits per heavy atom. The summed E-state index contributed by atoms with van der Waals surface area (Å²) in [6, 6.07) is 23.7. The average Bonchev–Trinajstić information content (AvgIpc) is 2.78. The summed E-state index contributed by atoms with van der Waals surface area (Å²) in [7, 11) is 0. The molecule has 3 rings (SSSR count). The van der Waals surface area contributed by atoms with Crippen LogP contribution in [0.15, 0.2) is 83.3 Å². The van der Waals surface area contributed by atoms with Crippen molar-refractivity contribution < 1.29 is 19.1 Å². The van der Waals surface area contributed by atoms with E-state index in [9.17, 15) is 9.59 Å². The number of amides is 1. The SMILES string of the molecule is O=C(NC(Cc1ccc(I)cc1Br)C(=O)OCc1ccccc1)OCc1ccccc1. The Labute approximate surface area is 203 Å². The number of halogens is 2. The maximum atomic E-state index is 12.8. The second kappa shape index (κ2) is 11.9. The van der Waals surface area contributed by atoms with Gasteiger partial charge >= 0.3 is 12.1 Å². The fourth-order valence-electron chi connectivity index (χ4n) is 2.84. The number of carbonyl (C=O) groups excluding carboxylic acids is 2. The van der Waals surface area contributed by atoms with Crippen molar-refractivity contribution in [2.45, 2.75) is 25.7 Å². The molecule has 0 aliphatic rings. The largest absolute Gasteiger partial charge is 0.459 e. The lowest BCUT2D eigenvalue weighted by Gasteiger charge is -2.18. The molecule has 1 unspecified atom stereocenters. The molecule has 0 heterocycles. The number of hydrogen-bond donors (Lipinski definition) is 1. The van der Waals surface area contributed by atoms with E-state index in [0.29, 0.717) is 0 Å². The normalized spacial score (nSPS) is 11.4. The van der Waals surface area contributed by atoms with Crippen LogP contribution in [-0.2, 0) is 33.9 Å². The fraction of sp³-hybridized carbons (Fsp3) is 0.167. The van der Waals surface area contributed by atoms with Gasteiger partial charge in [0.15, 0.2) is 0 Å². The zero-order valence-electron chi connectivity index (χ0n) is 16.6. The maximum absolute atomic E-state index is 12.8. The molecule has 1 amide bonds. The molecule has 160 valence electrons. The molecule has 7 heteroatoms. The molecule has 1 N–H and O–H groups in total. The smallest absolute Gasteiger partial charge is 0.408 e. The van der Waals surface area contributed by atoms with Crippen LogP contribution in [0.5, 0.6) is 0 Å². The third-order valence-corrected chi connectivity index (χ3v) is 5.86. The maximum Gasteiger partial charge on any atom is 0.408 e. The number of esters is 1. The quantitative estimate of drug-likeness (QED) is 0.271. The van der Waals surface area contributed by atoms with Crippen LogP contribution in [0.1, 0.15) is 16.7 Å². The van der Waals surface area contributed by atoms with Gasteiger partial charge in [-0.3, -0.25) is 0 Å². The summed E-state index contributed by atoms with van der Waals surface area (Å²) in [5.41, 5.74) is 2.61. The lowest BCUT2D eigenvalue weighted by atomic mass is 10.1. The zero-order valence-corrected chi connectivity index (χ0v) is 20.3. The Kier molecular flexibility index (Phi) is 8.90. The van der Waals surface area contributed by atoms with Crippen molar-refractivity contribution in [3.8, 4) is 0 Å². The van der Waals surface area contributed by atoms with Crippen LogP contribution in [0, 0.1) is 3.57 Å². The number of rotatable bonds is 8. The standard InChI is InChI=1S/C24H21BrINO4/c25-21-14-20(26)12-11-19(21)13-22(23(28)30-15-17-7-3-1-4-8-17)27-24(29)31-16-18-9-5-2-6-10-18/h1-12,14,22H,13,15-16H2,(H,27,29). The third-order valence-electron chi connectivity index (χ3n) is 4.45. The van der Waals surface area contributed by atoms with E-state index in [4.69, 9.17) is 9.47 Å². The molecule has 0 fully saturated rings. The van der Waals surface area contributed by atoms with Crippen LogP contribution in [0.25, 0.3) is 0 Å². The minimum absolute atomic E-state index is 0.117. The van der Waals surface area contributed by atoms with Crippen LogP contribution in [-0.4, -0.2) is 18.1 Å². The van der Waals surface area contributed by atoms with E-state index in [1.54, 1.807) is 0 Å². The highest BCUT2D eigenvalue weighted by Gasteiger charge is 2.24. The van der Waals surface area contributed by atoms with Gasteiger partial charge in [0.1, 0.15) is 19.3 Å². The predicted octanol–water partition coefficient (Wildman–Crippen LogP) is 5.63. The van der Waals surface area contributed by atoms with Crippen molar-refractivity contribution in [2.75, 3.05) is 0 Å². The highest BCUT2D eigenvalue weighted by atomic mass is 127. The lowest BCUT2D eigenvalue weighted by molar-refractivity contribution is -0.147. The first kappa shape index (κ1) is 23.3. The monoisotopic (exact) mass is 593 g/mol. The summed E-state index contributed by atoms with van der Waals surface area (Å²) in [6.07, 6.45) is -0.405. The van der Waals surface area contributed by atoms with Gasteiger partial charge in [0.05, 0.1) is 0 Å². The van der Waals surface area contributed by atoms with Gasteiger partial charge in [-0.05, 0) is 51.4 Å².